The van der Waals surface area contributed by atoms with Crippen LogP contribution in [0.5, 0.6) is 11.5 Å². The lowest BCUT2D eigenvalue weighted by Gasteiger charge is -2.23. The second-order valence-electron chi connectivity index (χ2n) is 7.53. The van der Waals surface area contributed by atoms with E-state index in [9.17, 15) is 4.79 Å². The highest BCUT2D eigenvalue weighted by Crippen LogP contribution is 2.29. The van der Waals surface area contributed by atoms with Crippen LogP contribution < -0.4 is 9.47 Å². The van der Waals surface area contributed by atoms with Crippen molar-refractivity contribution < 1.29 is 14.3 Å². The van der Waals surface area contributed by atoms with Crippen molar-refractivity contribution in [3.8, 4) is 17.3 Å². The van der Waals surface area contributed by atoms with Crippen LogP contribution in [0.15, 0.2) is 48.8 Å². The molecule has 0 bridgehead atoms. The van der Waals surface area contributed by atoms with Gasteiger partial charge in [-0.05, 0) is 56.5 Å². The number of carbonyl (C=O) groups excluding carboxylic acids is 1. The number of hydrogen-bond acceptors (Lipinski definition) is 5. The topological polar surface area (TPSA) is 69.5 Å². The molecule has 0 unspecified atom stereocenters. The van der Waals surface area contributed by atoms with E-state index in [1.165, 1.54) is 0 Å². The van der Waals surface area contributed by atoms with Gasteiger partial charge in [-0.15, -0.1) is 0 Å². The predicted octanol–water partition coefficient (Wildman–Crippen LogP) is 4.82. The Morgan fingerprint density at radius 1 is 1.06 bits per heavy atom. The third-order valence-corrected chi connectivity index (χ3v) is 5.03. The third kappa shape index (κ3) is 5.46. The van der Waals surface area contributed by atoms with Gasteiger partial charge < -0.3 is 14.4 Å². The van der Waals surface area contributed by atoms with Gasteiger partial charge in [0.15, 0.2) is 17.3 Å². The number of amides is 1. The smallest absolute Gasteiger partial charge is 0.257 e. The van der Waals surface area contributed by atoms with Crippen molar-refractivity contribution in [2.24, 2.45) is 0 Å². The fourth-order valence-corrected chi connectivity index (χ4v) is 3.49. The summed E-state index contributed by atoms with van der Waals surface area (Å²) in [6, 6.07) is 11.5. The van der Waals surface area contributed by atoms with Crippen LogP contribution in [0.3, 0.4) is 0 Å². The molecule has 0 saturated heterocycles. The van der Waals surface area contributed by atoms with Crippen LogP contribution in [0.4, 0.5) is 0 Å². The average Bonchev–Trinajstić information content (AvgIpc) is 3.20. The molecule has 1 aromatic carbocycles. The molecule has 3 aromatic rings. The van der Waals surface area contributed by atoms with E-state index in [0.29, 0.717) is 43.4 Å². The zero-order chi connectivity index (χ0) is 22.9. The van der Waals surface area contributed by atoms with Crippen LogP contribution in [0.2, 0.25) is 0 Å². The summed E-state index contributed by atoms with van der Waals surface area (Å²) in [4.78, 5) is 19.6. The number of nitrogens with zero attached hydrogens (tertiary/aromatic N) is 4. The van der Waals surface area contributed by atoms with E-state index < -0.39 is 0 Å². The summed E-state index contributed by atoms with van der Waals surface area (Å²) < 4.78 is 13.3. The molecule has 7 heteroatoms. The van der Waals surface area contributed by atoms with Gasteiger partial charge in [0.2, 0.25) is 0 Å². The molecular formula is C25H32N4O3. The molecule has 0 aliphatic heterocycles. The minimum absolute atomic E-state index is 0.0456. The number of ether oxygens (including phenoxy) is 2. The van der Waals surface area contributed by atoms with Crippen molar-refractivity contribution in [2.75, 3.05) is 19.8 Å². The molecule has 0 N–H and O–H groups in total. The number of carbonyl (C=O) groups is 1. The molecule has 3 rings (SSSR count). The van der Waals surface area contributed by atoms with Gasteiger partial charge in [0.05, 0.1) is 30.7 Å². The largest absolute Gasteiger partial charge is 0.490 e. The van der Waals surface area contributed by atoms with Crippen LogP contribution in [0, 0.1) is 6.92 Å². The van der Waals surface area contributed by atoms with Crippen LogP contribution in [0.1, 0.15) is 55.2 Å². The Bertz CT molecular complexity index is 1020. The fourth-order valence-electron chi connectivity index (χ4n) is 3.49. The predicted molar refractivity (Wildman–Crippen MR) is 125 cm³/mol. The van der Waals surface area contributed by atoms with Gasteiger partial charge in [-0.3, -0.25) is 4.79 Å². The Balaban J connectivity index is 1.83. The first kappa shape index (κ1) is 23.3. The van der Waals surface area contributed by atoms with Crippen LogP contribution in [0.25, 0.3) is 5.82 Å². The van der Waals surface area contributed by atoms with Crippen LogP contribution >= 0.6 is 0 Å². The van der Waals surface area contributed by atoms with Gasteiger partial charge in [-0.2, -0.15) is 5.10 Å². The molecule has 0 aliphatic rings. The molecule has 0 spiro atoms. The van der Waals surface area contributed by atoms with Crippen molar-refractivity contribution >= 4 is 5.91 Å². The normalized spacial score (nSPS) is 10.8. The molecular weight excluding hydrogens is 404 g/mol. The Labute approximate surface area is 190 Å². The summed E-state index contributed by atoms with van der Waals surface area (Å²) in [7, 11) is 0. The van der Waals surface area contributed by atoms with E-state index >= 15 is 0 Å². The van der Waals surface area contributed by atoms with Crippen molar-refractivity contribution in [1.29, 1.82) is 0 Å². The molecule has 1 amide bonds. The van der Waals surface area contributed by atoms with Gasteiger partial charge in [-0.25, -0.2) is 9.67 Å². The highest BCUT2D eigenvalue weighted by atomic mass is 16.5. The van der Waals surface area contributed by atoms with E-state index in [1.54, 1.807) is 17.1 Å². The maximum absolute atomic E-state index is 13.4. The van der Waals surface area contributed by atoms with E-state index in [2.05, 4.69) is 23.9 Å². The van der Waals surface area contributed by atoms with Crippen LogP contribution in [-0.4, -0.2) is 45.3 Å². The lowest BCUT2D eigenvalue weighted by molar-refractivity contribution is 0.0742. The zero-order valence-electron chi connectivity index (χ0n) is 19.4. The summed E-state index contributed by atoms with van der Waals surface area (Å²) in [5, 5.41) is 4.41. The molecule has 0 fully saturated rings. The Hall–Kier alpha value is -3.35. The van der Waals surface area contributed by atoms with Gasteiger partial charge in [0.1, 0.15) is 0 Å². The first-order valence-corrected chi connectivity index (χ1v) is 11.2. The Morgan fingerprint density at radius 2 is 1.91 bits per heavy atom. The minimum atomic E-state index is -0.0456. The lowest BCUT2D eigenvalue weighted by atomic mass is 10.1. The molecule has 7 nitrogen and oxygen atoms in total. The molecule has 32 heavy (non-hydrogen) atoms. The first-order chi connectivity index (χ1) is 15.6. The first-order valence-electron chi connectivity index (χ1n) is 11.2. The molecule has 0 saturated carbocycles. The molecule has 0 radical (unpaired) electrons. The number of benzene rings is 1. The molecule has 0 atom stereocenters. The van der Waals surface area contributed by atoms with Crippen molar-refractivity contribution in [1.82, 2.24) is 19.7 Å². The SMILES string of the molecule is CCCOc1ccc(CN(CCC)C(=O)c2cnn(-c3ccccn3)c2C)cc1OCC. The summed E-state index contributed by atoms with van der Waals surface area (Å²) in [6.07, 6.45) is 5.13. The number of aromatic nitrogens is 3. The highest BCUT2D eigenvalue weighted by molar-refractivity contribution is 5.95. The third-order valence-electron chi connectivity index (χ3n) is 5.03. The summed E-state index contributed by atoms with van der Waals surface area (Å²) in [5.74, 6) is 2.09. The van der Waals surface area contributed by atoms with Crippen molar-refractivity contribution in [2.45, 2.75) is 47.1 Å². The quantitative estimate of drug-likeness (QED) is 0.431. The monoisotopic (exact) mass is 436 g/mol. The Kier molecular flexibility index (Phi) is 8.25. The van der Waals surface area contributed by atoms with Crippen LogP contribution in [-0.2, 0) is 6.54 Å². The average molecular weight is 437 g/mol. The lowest BCUT2D eigenvalue weighted by Crippen LogP contribution is -2.31. The van der Waals surface area contributed by atoms with Gasteiger partial charge in [0.25, 0.3) is 5.91 Å². The van der Waals surface area contributed by atoms with Crippen molar-refractivity contribution in [3.63, 3.8) is 0 Å². The van der Waals surface area contributed by atoms with Gasteiger partial charge >= 0.3 is 0 Å². The second kappa shape index (κ2) is 11.3. The number of hydrogen-bond donors (Lipinski definition) is 0. The van der Waals surface area contributed by atoms with E-state index in [-0.39, 0.29) is 5.91 Å². The summed E-state index contributed by atoms with van der Waals surface area (Å²) in [5.41, 5.74) is 2.35. The maximum atomic E-state index is 13.4. The maximum Gasteiger partial charge on any atom is 0.257 e. The zero-order valence-corrected chi connectivity index (χ0v) is 19.4. The highest BCUT2D eigenvalue weighted by Gasteiger charge is 2.22. The van der Waals surface area contributed by atoms with E-state index in [4.69, 9.17) is 9.47 Å². The van der Waals surface area contributed by atoms with Gasteiger partial charge in [0, 0.05) is 19.3 Å². The number of rotatable bonds is 11. The molecule has 2 aromatic heterocycles. The standard InChI is InChI=1S/C25H32N4O3/c1-5-14-28(18-20-11-12-22(32-15-6-2)23(16-20)31-7-3)25(30)21-17-27-29(19(21)4)24-10-8-9-13-26-24/h8-13,16-17H,5-7,14-15,18H2,1-4H3. The Morgan fingerprint density at radius 3 is 2.59 bits per heavy atom. The minimum Gasteiger partial charge on any atom is -0.490 e. The molecule has 0 aliphatic carbocycles. The fraction of sp³-hybridized carbons (Fsp3) is 0.400. The van der Waals surface area contributed by atoms with E-state index in [1.807, 2.05) is 55.1 Å². The van der Waals surface area contributed by atoms with Crippen molar-refractivity contribution in [3.05, 3.63) is 65.6 Å². The van der Waals surface area contributed by atoms with Gasteiger partial charge in [-0.1, -0.05) is 26.0 Å². The summed E-state index contributed by atoms with van der Waals surface area (Å²) >= 11 is 0. The number of pyridine rings is 1. The molecule has 2 heterocycles. The van der Waals surface area contributed by atoms with E-state index in [0.717, 1.165) is 29.8 Å². The summed E-state index contributed by atoms with van der Waals surface area (Å²) in [6.45, 7) is 10.3. The molecule has 170 valence electrons. The second-order valence-corrected chi connectivity index (χ2v) is 7.53.